The van der Waals surface area contributed by atoms with Crippen LogP contribution < -0.4 is 16.0 Å². The van der Waals surface area contributed by atoms with Gasteiger partial charge in [0.05, 0.1) is 24.6 Å². The zero-order valence-corrected chi connectivity index (χ0v) is 24.8. The van der Waals surface area contributed by atoms with Crippen molar-refractivity contribution >= 4 is 23.3 Å². The van der Waals surface area contributed by atoms with Crippen LogP contribution in [-0.4, -0.2) is 99.3 Å². The van der Waals surface area contributed by atoms with E-state index in [1.807, 2.05) is 34.1 Å². The molecule has 2 aliphatic heterocycles. The number of ether oxygens (including phenoxy) is 1. The van der Waals surface area contributed by atoms with Gasteiger partial charge in [0.25, 0.3) is 5.91 Å². The van der Waals surface area contributed by atoms with E-state index in [2.05, 4.69) is 40.4 Å². The van der Waals surface area contributed by atoms with Gasteiger partial charge in [-0.3, -0.25) is 4.79 Å². The van der Waals surface area contributed by atoms with E-state index >= 15 is 0 Å². The maximum absolute atomic E-state index is 13.5. The number of morpholine rings is 1. The molecule has 2 saturated heterocycles. The molecular weight excluding hydrogens is 547 g/mol. The summed E-state index contributed by atoms with van der Waals surface area (Å²) in [5.74, 6) is -0.678. The van der Waals surface area contributed by atoms with E-state index in [4.69, 9.17) is 10.5 Å². The Bertz CT molecular complexity index is 1390. The Hall–Kier alpha value is -3.99. The molecule has 3 aromatic rings. The van der Waals surface area contributed by atoms with Crippen LogP contribution in [0, 0.1) is 5.82 Å². The SMILES string of the molecule is CN1CCN(c2ccc(-c3cccc(CN(CCCN)C(=O)N4CCOCC4)c3)cc2NC(=O)c2ccc(F)cc2)CC1. The highest BCUT2D eigenvalue weighted by Crippen LogP contribution is 2.33. The molecular formula is C33H41FN6O3. The monoisotopic (exact) mass is 588 g/mol. The summed E-state index contributed by atoms with van der Waals surface area (Å²) in [4.78, 5) is 34.8. The third kappa shape index (κ3) is 7.90. The van der Waals surface area contributed by atoms with Crippen molar-refractivity contribution in [3.63, 3.8) is 0 Å². The molecule has 0 atom stereocenters. The van der Waals surface area contributed by atoms with Gasteiger partial charge in [0.1, 0.15) is 5.82 Å². The van der Waals surface area contributed by atoms with E-state index in [1.165, 1.54) is 24.3 Å². The number of likely N-dealkylation sites (N-methyl/N-ethyl adjacent to an activating group) is 1. The molecule has 2 heterocycles. The van der Waals surface area contributed by atoms with Crippen LogP contribution in [0.25, 0.3) is 11.1 Å². The molecule has 9 nitrogen and oxygen atoms in total. The molecule has 2 aliphatic rings. The molecule has 10 heteroatoms. The van der Waals surface area contributed by atoms with E-state index in [0.717, 1.165) is 55.0 Å². The Morgan fingerprint density at radius 1 is 0.930 bits per heavy atom. The fourth-order valence-electron chi connectivity index (χ4n) is 5.48. The Kier molecular flexibility index (Phi) is 10.2. The van der Waals surface area contributed by atoms with Gasteiger partial charge in [0.15, 0.2) is 0 Å². The Balaban J connectivity index is 1.40. The lowest BCUT2D eigenvalue weighted by Crippen LogP contribution is -2.48. The first-order valence-electron chi connectivity index (χ1n) is 15.0. The average Bonchev–Trinajstić information content (AvgIpc) is 3.04. The van der Waals surface area contributed by atoms with Crippen molar-refractivity contribution in [3.05, 3.63) is 83.7 Å². The van der Waals surface area contributed by atoms with Gasteiger partial charge in [0, 0.05) is 57.9 Å². The van der Waals surface area contributed by atoms with Crippen LogP contribution in [0.4, 0.5) is 20.6 Å². The van der Waals surface area contributed by atoms with Crippen LogP contribution in [0.5, 0.6) is 0 Å². The van der Waals surface area contributed by atoms with Gasteiger partial charge >= 0.3 is 6.03 Å². The molecule has 0 bridgehead atoms. The first-order valence-corrected chi connectivity index (χ1v) is 15.0. The van der Waals surface area contributed by atoms with Crippen molar-refractivity contribution in [3.8, 4) is 11.1 Å². The lowest BCUT2D eigenvalue weighted by molar-refractivity contribution is 0.0425. The van der Waals surface area contributed by atoms with Crippen molar-refractivity contribution in [1.29, 1.82) is 0 Å². The number of nitrogens with two attached hydrogens (primary N) is 1. The smallest absolute Gasteiger partial charge is 0.320 e. The highest BCUT2D eigenvalue weighted by Gasteiger charge is 2.23. The summed E-state index contributed by atoms with van der Waals surface area (Å²) in [5.41, 5.74) is 10.8. The zero-order valence-electron chi connectivity index (χ0n) is 24.8. The topological polar surface area (TPSA) is 94.4 Å². The maximum atomic E-state index is 13.5. The minimum Gasteiger partial charge on any atom is -0.378 e. The molecule has 3 amide bonds. The van der Waals surface area contributed by atoms with Gasteiger partial charge in [-0.05, 0) is 79.2 Å². The fourth-order valence-corrected chi connectivity index (χ4v) is 5.48. The van der Waals surface area contributed by atoms with Crippen LogP contribution in [0.15, 0.2) is 66.7 Å². The minimum atomic E-state index is -0.384. The van der Waals surface area contributed by atoms with Crippen LogP contribution in [0.2, 0.25) is 0 Å². The number of hydrogen-bond acceptors (Lipinski definition) is 6. The summed E-state index contributed by atoms with van der Waals surface area (Å²) >= 11 is 0. The second kappa shape index (κ2) is 14.5. The summed E-state index contributed by atoms with van der Waals surface area (Å²) in [5, 5.41) is 3.09. The van der Waals surface area contributed by atoms with Crippen LogP contribution >= 0.6 is 0 Å². The number of anilines is 2. The molecule has 0 unspecified atom stereocenters. The van der Waals surface area contributed by atoms with E-state index in [0.29, 0.717) is 57.2 Å². The molecule has 0 aliphatic carbocycles. The van der Waals surface area contributed by atoms with E-state index in [1.54, 1.807) is 0 Å². The first kappa shape index (κ1) is 30.5. The van der Waals surface area contributed by atoms with Crippen molar-refractivity contribution in [2.75, 3.05) is 82.8 Å². The van der Waals surface area contributed by atoms with Gasteiger partial charge < -0.3 is 35.4 Å². The molecule has 0 aromatic heterocycles. The average molecular weight is 589 g/mol. The van der Waals surface area contributed by atoms with Crippen LogP contribution in [0.1, 0.15) is 22.3 Å². The molecule has 3 aromatic carbocycles. The van der Waals surface area contributed by atoms with Crippen molar-refractivity contribution in [2.24, 2.45) is 5.73 Å². The number of amides is 3. The van der Waals surface area contributed by atoms with Gasteiger partial charge in [0.2, 0.25) is 0 Å². The van der Waals surface area contributed by atoms with Crippen LogP contribution in [0.3, 0.4) is 0 Å². The van der Waals surface area contributed by atoms with Crippen molar-refractivity contribution in [2.45, 2.75) is 13.0 Å². The Morgan fingerprint density at radius 2 is 1.65 bits per heavy atom. The van der Waals surface area contributed by atoms with Gasteiger partial charge in [-0.1, -0.05) is 24.3 Å². The number of piperazine rings is 1. The number of carbonyl (C=O) groups is 2. The molecule has 0 saturated carbocycles. The number of nitrogens with zero attached hydrogens (tertiary/aromatic N) is 4. The number of halogens is 1. The largest absolute Gasteiger partial charge is 0.378 e. The summed E-state index contributed by atoms with van der Waals surface area (Å²) in [6, 6.07) is 19.9. The highest BCUT2D eigenvalue weighted by molar-refractivity contribution is 6.06. The molecule has 0 radical (unpaired) electrons. The maximum Gasteiger partial charge on any atom is 0.320 e. The number of rotatable bonds is 9. The standard InChI is InChI=1S/C33H41FN6O3/c1-37-14-16-38(17-15-37)31-11-8-28(23-30(31)36-32(41)26-6-9-29(34)10-7-26)27-5-2-4-25(22-27)24-40(13-3-12-35)33(42)39-18-20-43-21-19-39/h2,4-11,22-23H,3,12-21,24,35H2,1H3,(H,36,41). The second-order valence-electron chi connectivity index (χ2n) is 11.1. The van der Waals surface area contributed by atoms with E-state index in [-0.39, 0.29) is 17.8 Å². The van der Waals surface area contributed by atoms with Crippen molar-refractivity contribution in [1.82, 2.24) is 14.7 Å². The third-order valence-corrected chi connectivity index (χ3v) is 8.01. The Labute approximate surface area is 253 Å². The summed E-state index contributed by atoms with van der Waals surface area (Å²) < 4.78 is 18.9. The summed E-state index contributed by atoms with van der Waals surface area (Å²) in [6.45, 7) is 7.40. The lowest BCUT2D eigenvalue weighted by Gasteiger charge is -2.35. The summed E-state index contributed by atoms with van der Waals surface area (Å²) in [7, 11) is 2.11. The molecule has 2 fully saturated rings. The van der Waals surface area contributed by atoms with E-state index in [9.17, 15) is 14.0 Å². The first-order chi connectivity index (χ1) is 20.9. The van der Waals surface area contributed by atoms with Gasteiger partial charge in [-0.15, -0.1) is 0 Å². The van der Waals surface area contributed by atoms with Crippen molar-refractivity contribution < 1.29 is 18.7 Å². The van der Waals surface area contributed by atoms with Gasteiger partial charge in [-0.2, -0.15) is 0 Å². The second-order valence-corrected chi connectivity index (χ2v) is 11.1. The van der Waals surface area contributed by atoms with Crippen LogP contribution in [-0.2, 0) is 11.3 Å². The number of hydrogen-bond donors (Lipinski definition) is 2. The number of benzene rings is 3. The molecule has 228 valence electrons. The number of carbonyl (C=O) groups excluding carboxylic acids is 2. The lowest BCUT2D eigenvalue weighted by atomic mass is 10.0. The minimum absolute atomic E-state index is 0.00414. The Morgan fingerprint density at radius 3 is 2.37 bits per heavy atom. The molecule has 0 spiro atoms. The van der Waals surface area contributed by atoms with Gasteiger partial charge in [-0.25, -0.2) is 9.18 Å². The molecule has 3 N–H and O–H groups in total. The fraction of sp³-hybridized carbons (Fsp3) is 0.394. The van der Waals surface area contributed by atoms with E-state index < -0.39 is 0 Å². The third-order valence-electron chi connectivity index (χ3n) is 8.01. The zero-order chi connectivity index (χ0) is 30.2. The number of urea groups is 1. The molecule has 5 rings (SSSR count). The quantitative estimate of drug-likeness (QED) is 0.391. The normalized spacial score (nSPS) is 15.8. The highest BCUT2D eigenvalue weighted by atomic mass is 19.1. The summed E-state index contributed by atoms with van der Waals surface area (Å²) in [6.07, 6.45) is 0.723. The predicted molar refractivity (Wildman–Crippen MR) is 168 cm³/mol. The predicted octanol–water partition coefficient (Wildman–Crippen LogP) is 4.10. The molecule has 43 heavy (non-hydrogen) atoms. The number of nitrogens with one attached hydrogen (secondary N) is 1.